The number of likely N-dealkylation sites (tertiary alicyclic amines) is 2. The van der Waals surface area contributed by atoms with Crippen LogP contribution in [0.15, 0.2) is 24.3 Å². The van der Waals surface area contributed by atoms with Gasteiger partial charge in [-0.1, -0.05) is 35.3 Å². The lowest BCUT2D eigenvalue weighted by atomic mass is 9.71. The van der Waals surface area contributed by atoms with Crippen LogP contribution in [0.4, 0.5) is 13.2 Å². The summed E-state index contributed by atoms with van der Waals surface area (Å²) in [5.41, 5.74) is -1.01. The van der Waals surface area contributed by atoms with Gasteiger partial charge >= 0.3 is 6.18 Å². The van der Waals surface area contributed by atoms with Gasteiger partial charge in [0.15, 0.2) is 5.69 Å². The van der Waals surface area contributed by atoms with Gasteiger partial charge in [0.05, 0.1) is 16.1 Å². The van der Waals surface area contributed by atoms with Crippen molar-refractivity contribution in [3.05, 3.63) is 51.3 Å². The molecule has 0 N–H and O–H groups in total. The largest absolute Gasteiger partial charge is 0.436 e. The lowest BCUT2D eigenvalue weighted by molar-refractivity contribution is -0.144. The van der Waals surface area contributed by atoms with Crippen LogP contribution < -0.4 is 0 Å². The normalized spacial score (nSPS) is 18.6. The Hall–Kier alpha value is -2.26. The molecule has 4 rings (SSSR count). The average molecular weight is 531 g/mol. The second-order valence-corrected chi connectivity index (χ2v) is 10.0. The van der Waals surface area contributed by atoms with Gasteiger partial charge in [0, 0.05) is 31.2 Å². The minimum Gasteiger partial charge on any atom is -0.342 e. The van der Waals surface area contributed by atoms with E-state index in [1.54, 1.807) is 17.0 Å². The number of carbonyl (C=O) groups excluding carboxylic acids is 2. The standard InChI is InChI=1S/C24H27Cl2F3N4O2/c1-16-20(26)21(24(27,28)29)30-33(16)15-19(34)31-13-9-23(10-14-31,17-5-7-18(25)8-6-17)22(35)32-11-3-2-4-12-32/h5-8H,2-4,9-15H2,1H3. The molecule has 0 saturated carbocycles. The fourth-order valence-electron chi connectivity index (χ4n) is 5.02. The third kappa shape index (κ3) is 5.16. The molecule has 0 atom stereocenters. The van der Waals surface area contributed by atoms with E-state index in [1.165, 1.54) is 6.92 Å². The Morgan fingerprint density at radius 3 is 2.11 bits per heavy atom. The summed E-state index contributed by atoms with van der Waals surface area (Å²) in [5, 5.41) is 3.60. The van der Waals surface area contributed by atoms with Crippen LogP contribution in [-0.4, -0.2) is 57.6 Å². The molecule has 0 radical (unpaired) electrons. The number of benzene rings is 1. The fraction of sp³-hybridized carbons (Fsp3) is 0.542. The van der Waals surface area contributed by atoms with Gasteiger partial charge in [-0.25, -0.2) is 0 Å². The maximum absolute atomic E-state index is 13.8. The van der Waals surface area contributed by atoms with Crippen molar-refractivity contribution in [3.63, 3.8) is 0 Å². The van der Waals surface area contributed by atoms with Crippen LogP contribution in [0.2, 0.25) is 10.0 Å². The lowest BCUT2D eigenvalue weighted by Gasteiger charge is -2.44. The van der Waals surface area contributed by atoms with Gasteiger partial charge < -0.3 is 9.80 Å². The van der Waals surface area contributed by atoms with Crippen LogP contribution in [0, 0.1) is 6.92 Å². The van der Waals surface area contributed by atoms with E-state index in [0.717, 1.165) is 42.6 Å². The SMILES string of the molecule is Cc1c(Cl)c(C(F)(F)F)nn1CC(=O)N1CCC(C(=O)N2CCCCC2)(c2ccc(Cl)cc2)CC1. The molecule has 6 nitrogen and oxygen atoms in total. The fourth-order valence-corrected chi connectivity index (χ4v) is 5.39. The van der Waals surface area contributed by atoms with Gasteiger partial charge in [-0.3, -0.25) is 14.3 Å². The summed E-state index contributed by atoms with van der Waals surface area (Å²) in [5.74, 6) is -0.299. The third-order valence-corrected chi connectivity index (χ3v) is 7.81. The second-order valence-electron chi connectivity index (χ2n) is 9.23. The average Bonchev–Trinajstić information content (AvgIpc) is 3.13. The van der Waals surface area contributed by atoms with E-state index >= 15 is 0 Å². The number of aromatic nitrogens is 2. The van der Waals surface area contributed by atoms with E-state index in [-0.39, 0.29) is 24.1 Å². The molecule has 0 spiro atoms. The van der Waals surface area contributed by atoms with Crippen molar-refractivity contribution >= 4 is 35.0 Å². The molecular weight excluding hydrogens is 504 g/mol. The monoisotopic (exact) mass is 530 g/mol. The zero-order valence-electron chi connectivity index (χ0n) is 19.4. The number of carbonyl (C=O) groups is 2. The van der Waals surface area contributed by atoms with Crippen molar-refractivity contribution in [1.29, 1.82) is 0 Å². The molecule has 1 aromatic carbocycles. The molecule has 2 aliphatic rings. The molecular formula is C24H27Cl2F3N4O2. The Balaban J connectivity index is 1.52. The zero-order valence-corrected chi connectivity index (χ0v) is 20.9. The molecule has 0 unspecified atom stereocenters. The van der Waals surface area contributed by atoms with Gasteiger partial charge in [-0.15, -0.1) is 0 Å². The van der Waals surface area contributed by atoms with Crippen LogP contribution >= 0.6 is 23.2 Å². The summed E-state index contributed by atoms with van der Waals surface area (Å²) in [4.78, 5) is 30.2. The van der Waals surface area contributed by atoms with Crippen molar-refractivity contribution in [2.45, 2.75) is 57.2 Å². The van der Waals surface area contributed by atoms with Crippen LogP contribution in [-0.2, 0) is 27.7 Å². The van der Waals surface area contributed by atoms with Crippen LogP contribution in [0.1, 0.15) is 49.1 Å². The molecule has 2 saturated heterocycles. The lowest BCUT2D eigenvalue weighted by Crippen LogP contribution is -2.55. The molecule has 35 heavy (non-hydrogen) atoms. The topological polar surface area (TPSA) is 58.4 Å². The first-order valence-corrected chi connectivity index (χ1v) is 12.4. The molecule has 190 valence electrons. The van der Waals surface area contributed by atoms with Crippen molar-refractivity contribution in [3.8, 4) is 0 Å². The Labute approximate surface area is 212 Å². The second kappa shape index (κ2) is 10.0. The minimum absolute atomic E-state index is 0.0659. The molecule has 1 aromatic heterocycles. The number of hydrogen-bond acceptors (Lipinski definition) is 3. The molecule has 11 heteroatoms. The van der Waals surface area contributed by atoms with Crippen molar-refractivity contribution in [2.75, 3.05) is 26.2 Å². The summed E-state index contributed by atoms with van der Waals surface area (Å²) in [6, 6.07) is 7.27. The van der Waals surface area contributed by atoms with E-state index in [2.05, 4.69) is 5.10 Å². The van der Waals surface area contributed by atoms with E-state index in [0.29, 0.717) is 31.0 Å². The molecule has 2 aliphatic heterocycles. The highest BCUT2D eigenvalue weighted by molar-refractivity contribution is 6.32. The number of piperidine rings is 2. The first-order valence-electron chi connectivity index (χ1n) is 11.7. The molecule has 2 amide bonds. The summed E-state index contributed by atoms with van der Waals surface area (Å²) in [6.45, 7) is 3.10. The number of nitrogens with zero attached hydrogens (tertiary/aromatic N) is 4. The van der Waals surface area contributed by atoms with E-state index in [9.17, 15) is 22.8 Å². The van der Waals surface area contributed by atoms with Crippen LogP contribution in [0.3, 0.4) is 0 Å². The summed E-state index contributed by atoms with van der Waals surface area (Å²) in [6.07, 6.45) is -0.816. The predicted octanol–water partition coefficient (Wildman–Crippen LogP) is 5.09. The molecule has 3 heterocycles. The van der Waals surface area contributed by atoms with E-state index in [4.69, 9.17) is 23.2 Å². The van der Waals surface area contributed by atoms with Crippen LogP contribution in [0.25, 0.3) is 0 Å². The smallest absolute Gasteiger partial charge is 0.342 e. The van der Waals surface area contributed by atoms with E-state index < -0.39 is 22.3 Å². The van der Waals surface area contributed by atoms with Crippen molar-refractivity contribution < 1.29 is 22.8 Å². The van der Waals surface area contributed by atoms with Gasteiger partial charge in [0.25, 0.3) is 0 Å². The Kier molecular flexibility index (Phi) is 7.38. The maximum Gasteiger partial charge on any atom is 0.436 e. The third-order valence-electron chi connectivity index (χ3n) is 7.11. The summed E-state index contributed by atoms with van der Waals surface area (Å²) < 4.78 is 40.4. The highest BCUT2D eigenvalue weighted by atomic mass is 35.5. The quantitative estimate of drug-likeness (QED) is 0.553. The Morgan fingerprint density at radius 2 is 1.57 bits per heavy atom. The first-order chi connectivity index (χ1) is 16.5. The number of hydrogen-bond donors (Lipinski definition) is 0. The first kappa shape index (κ1) is 25.8. The number of halogens is 5. The Bertz CT molecular complexity index is 1090. The predicted molar refractivity (Wildman–Crippen MR) is 126 cm³/mol. The van der Waals surface area contributed by atoms with Gasteiger partial charge in [-0.2, -0.15) is 18.3 Å². The van der Waals surface area contributed by atoms with Crippen LogP contribution in [0.5, 0.6) is 0 Å². The van der Waals surface area contributed by atoms with Crippen molar-refractivity contribution in [1.82, 2.24) is 19.6 Å². The molecule has 0 bridgehead atoms. The number of rotatable bonds is 4. The Morgan fingerprint density at radius 1 is 0.971 bits per heavy atom. The zero-order chi connectivity index (χ0) is 25.4. The summed E-state index contributed by atoms with van der Waals surface area (Å²) in [7, 11) is 0. The molecule has 2 aromatic rings. The minimum atomic E-state index is -4.70. The van der Waals surface area contributed by atoms with Gasteiger partial charge in [-0.05, 0) is 56.7 Å². The summed E-state index contributed by atoms with van der Waals surface area (Å²) >= 11 is 11.9. The van der Waals surface area contributed by atoms with Gasteiger partial charge in [0.1, 0.15) is 6.54 Å². The van der Waals surface area contributed by atoms with Crippen molar-refractivity contribution in [2.24, 2.45) is 0 Å². The van der Waals surface area contributed by atoms with E-state index in [1.807, 2.05) is 17.0 Å². The number of alkyl halides is 3. The molecule has 2 fully saturated rings. The highest BCUT2D eigenvalue weighted by Gasteiger charge is 2.46. The number of amides is 2. The maximum atomic E-state index is 13.8. The van der Waals surface area contributed by atoms with Gasteiger partial charge in [0.2, 0.25) is 11.8 Å². The molecule has 0 aliphatic carbocycles. The highest BCUT2D eigenvalue weighted by Crippen LogP contribution is 2.39.